The summed E-state index contributed by atoms with van der Waals surface area (Å²) in [7, 11) is 0. The molecule has 1 fully saturated rings. The summed E-state index contributed by atoms with van der Waals surface area (Å²) in [4.78, 5) is 22.1. The van der Waals surface area contributed by atoms with Crippen molar-refractivity contribution in [2.75, 3.05) is 26.3 Å². The minimum atomic E-state index is -0.308. The number of aromatic nitrogens is 1. The smallest absolute Gasteiger partial charge is 0.350 e. The second-order valence-corrected chi connectivity index (χ2v) is 9.86. The Kier molecular flexibility index (Phi) is 11.7. The van der Waals surface area contributed by atoms with Crippen LogP contribution in [0, 0.1) is 18.3 Å². The Morgan fingerprint density at radius 1 is 1.39 bits per heavy atom. The Hall–Kier alpha value is -0.940. The summed E-state index contributed by atoms with van der Waals surface area (Å²) in [5.41, 5.74) is 0.804. The minimum Gasteiger partial charge on any atom is -0.462 e. The van der Waals surface area contributed by atoms with Gasteiger partial charge in [-0.1, -0.05) is 20.8 Å². The van der Waals surface area contributed by atoms with Crippen LogP contribution in [-0.4, -0.2) is 49.3 Å². The normalized spacial score (nSPS) is 20.5. The van der Waals surface area contributed by atoms with Gasteiger partial charge in [0.05, 0.1) is 24.4 Å². The van der Waals surface area contributed by atoms with Crippen LogP contribution in [0.25, 0.3) is 0 Å². The van der Waals surface area contributed by atoms with Crippen molar-refractivity contribution in [1.82, 2.24) is 15.6 Å². The Bertz CT molecular complexity index is 733. The number of aliphatic imine (C=N–C) groups is 1. The highest BCUT2D eigenvalue weighted by atomic mass is 127. The van der Waals surface area contributed by atoms with E-state index in [9.17, 15) is 4.79 Å². The SMILES string of the molecule is CCNC(=NCC1CCCOC1C(C)(C)C)NC(C)c1nc(C)c(C(=O)OCC)s1.I. The number of esters is 1. The number of rotatable bonds is 7. The molecule has 1 aromatic heterocycles. The molecule has 2 N–H and O–H groups in total. The third-order valence-electron chi connectivity index (χ3n) is 5.12. The fraction of sp³-hybridized carbons (Fsp3) is 0.773. The third kappa shape index (κ3) is 8.16. The summed E-state index contributed by atoms with van der Waals surface area (Å²) in [5.74, 6) is 0.854. The van der Waals surface area contributed by atoms with E-state index in [1.165, 1.54) is 11.3 Å². The molecule has 0 amide bonds. The number of hydrogen-bond donors (Lipinski definition) is 2. The fourth-order valence-corrected chi connectivity index (χ4v) is 4.73. The van der Waals surface area contributed by atoms with E-state index in [1.807, 2.05) is 13.8 Å². The van der Waals surface area contributed by atoms with Gasteiger partial charge < -0.3 is 20.1 Å². The molecule has 3 atom stereocenters. The highest BCUT2D eigenvalue weighted by Gasteiger charge is 2.35. The summed E-state index contributed by atoms with van der Waals surface area (Å²) in [6, 6.07) is -0.0734. The first kappa shape index (κ1) is 28.1. The zero-order chi connectivity index (χ0) is 22.3. The maximum absolute atomic E-state index is 12.1. The number of halogens is 1. The molecule has 2 rings (SSSR count). The van der Waals surface area contributed by atoms with E-state index in [-0.39, 0.29) is 47.5 Å². The van der Waals surface area contributed by atoms with Crippen LogP contribution in [-0.2, 0) is 9.47 Å². The number of carbonyl (C=O) groups is 1. The average molecular weight is 567 g/mol. The van der Waals surface area contributed by atoms with Crippen molar-refractivity contribution in [1.29, 1.82) is 0 Å². The maximum Gasteiger partial charge on any atom is 0.350 e. The summed E-state index contributed by atoms with van der Waals surface area (Å²) in [5, 5.41) is 7.60. The monoisotopic (exact) mass is 566 g/mol. The molecule has 178 valence electrons. The van der Waals surface area contributed by atoms with Gasteiger partial charge in [-0.3, -0.25) is 4.99 Å². The fourth-order valence-electron chi connectivity index (χ4n) is 3.77. The number of carbonyl (C=O) groups excluding carboxylic acids is 1. The molecule has 2 heterocycles. The van der Waals surface area contributed by atoms with Crippen molar-refractivity contribution in [3.05, 3.63) is 15.6 Å². The van der Waals surface area contributed by atoms with Crippen molar-refractivity contribution in [2.45, 2.75) is 73.5 Å². The van der Waals surface area contributed by atoms with Crippen LogP contribution in [0.4, 0.5) is 0 Å². The Morgan fingerprint density at radius 2 is 2.10 bits per heavy atom. The van der Waals surface area contributed by atoms with E-state index >= 15 is 0 Å². The first-order valence-electron chi connectivity index (χ1n) is 11.0. The van der Waals surface area contributed by atoms with Crippen LogP contribution in [0.2, 0.25) is 0 Å². The summed E-state index contributed by atoms with van der Waals surface area (Å²) in [6.45, 7) is 17.1. The number of guanidine groups is 1. The lowest BCUT2D eigenvalue weighted by Gasteiger charge is -2.39. The van der Waals surface area contributed by atoms with E-state index in [0.717, 1.165) is 43.5 Å². The Balaban J connectivity index is 0.00000480. The molecule has 0 aromatic carbocycles. The number of thiazole rings is 1. The van der Waals surface area contributed by atoms with Gasteiger partial charge in [0.1, 0.15) is 9.88 Å². The van der Waals surface area contributed by atoms with Gasteiger partial charge in [0.25, 0.3) is 0 Å². The lowest BCUT2D eigenvalue weighted by molar-refractivity contribution is -0.0823. The largest absolute Gasteiger partial charge is 0.462 e. The number of ether oxygens (including phenoxy) is 2. The van der Waals surface area contributed by atoms with Gasteiger partial charge in [-0.25, -0.2) is 9.78 Å². The highest BCUT2D eigenvalue weighted by molar-refractivity contribution is 14.0. The van der Waals surface area contributed by atoms with Gasteiger partial charge >= 0.3 is 5.97 Å². The molecule has 0 bridgehead atoms. The molecule has 1 aliphatic heterocycles. The van der Waals surface area contributed by atoms with Crippen molar-refractivity contribution in [3.63, 3.8) is 0 Å². The zero-order valence-electron chi connectivity index (χ0n) is 19.9. The predicted molar refractivity (Wildman–Crippen MR) is 138 cm³/mol. The molecular weight excluding hydrogens is 527 g/mol. The van der Waals surface area contributed by atoms with E-state index < -0.39 is 0 Å². The van der Waals surface area contributed by atoms with Gasteiger partial charge in [-0.15, -0.1) is 35.3 Å². The summed E-state index contributed by atoms with van der Waals surface area (Å²) in [6.07, 6.45) is 2.43. The van der Waals surface area contributed by atoms with Crippen LogP contribution < -0.4 is 10.6 Å². The summed E-state index contributed by atoms with van der Waals surface area (Å²) >= 11 is 1.37. The number of nitrogens with zero attached hydrogens (tertiary/aromatic N) is 2. The molecule has 0 saturated carbocycles. The van der Waals surface area contributed by atoms with E-state index in [2.05, 4.69) is 43.3 Å². The molecule has 1 aromatic rings. The number of aryl methyl sites for hydroxylation is 1. The zero-order valence-corrected chi connectivity index (χ0v) is 23.1. The van der Waals surface area contributed by atoms with Crippen molar-refractivity contribution in [2.24, 2.45) is 16.3 Å². The number of hydrogen-bond acceptors (Lipinski definition) is 6. The van der Waals surface area contributed by atoms with Crippen LogP contribution in [0.5, 0.6) is 0 Å². The lowest BCUT2D eigenvalue weighted by Crippen LogP contribution is -2.43. The molecule has 9 heteroatoms. The average Bonchev–Trinajstić information content (AvgIpc) is 3.08. The second-order valence-electron chi connectivity index (χ2n) is 8.83. The second kappa shape index (κ2) is 12.9. The molecule has 31 heavy (non-hydrogen) atoms. The minimum absolute atomic E-state index is 0. The van der Waals surface area contributed by atoms with Gasteiger partial charge in [-0.05, 0) is 46.0 Å². The van der Waals surface area contributed by atoms with Crippen molar-refractivity contribution >= 4 is 47.2 Å². The predicted octanol–water partition coefficient (Wildman–Crippen LogP) is 4.70. The maximum atomic E-state index is 12.1. The van der Waals surface area contributed by atoms with Crippen LogP contribution in [0.3, 0.4) is 0 Å². The van der Waals surface area contributed by atoms with Gasteiger partial charge in [0, 0.05) is 25.6 Å². The molecule has 3 unspecified atom stereocenters. The van der Waals surface area contributed by atoms with Gasteiger partial charge in [-0.2, -0.15) is 0 Å². The van der Waals surface area contributed by atoms with E-state index in [1.54, 1.807) is 6.92 Å². The standard InChI is InChI=1S/C22H38N4O3S.HI/c1-8-23-21(24-13-16-11-10-12-29-18(16)22(5,6)7)26-15(4)19-25-14(3)17(30-19)20(27)28-9-2;/h15-16,18H,8-13H2,1-7H3,(H2,23,24,26);1H. The van der Waals surface area contributed by atoms with Crippen LogP contribution >= 0.6 is 35.3 Å². The number of nitrogens with one attached hydrogen (secondary N) is 2. The molecule has 1 aliphatic rings. The first-order chi connectivity index (χ1) is 14.2. The lowest BCUT2D eigenvalue weighted by atomic mass is 9.78. The topological polar surface area (TPSA) is 84.8 Å². The molecule has 0 spiro atoms. The highest BCUT2D eigenvalue weighted by Crippen LogP contribution is 2.34. The third-order valence-corrected chi connectivity index (χ3v) is 6.44. The van der Waals surface area contributed by atoms with E-state index in [4.69, 9.17) is 14.5 Å². The molecular formula is C22H39IN4O3S. The summed E-state index contributed by atoms with van der Waals surface area (Å²) < 4.78 is 11.2. The quantitative estimate of drug-likeness (QED) is 0.216. The molecule has 1 saturated heterocycles. The van der Waals surface area contributed by atoms with Gasteiger partial charge in [0.15, 0.2) is 5.96 Å². The first-order valence-corrected chi connectivity index (χ1v) is 11.8. The van der Waals surface area contributed by atoms with Crippen molar-refractivity contribution in [3.8, 4) is 0 Å². The van der Waals surface area contributed by atoms with Crippen LogP contribution in [0.15, 0.2) is 4.99 Å². The van der Waals surface area contributed by atoms with Crippen molar-refractivity contribution < 1.29 is 14.3 Å². The molecule has 0 aliphatic carbocycles. The Labute approximate surface area is 208 Å². The Morgan fingerprint density at radius 3 is 2.71 bits per heavy atom. The van der Waals surface area contributed by atoms with Gasteiger partial charge in [0.2, 0.25) is 0 Å². The molecule has 0 radical (unpaired) electrons. The van der Waals surface area contributed by atoms with Crippen LogP contribution in [0.1, 0.15) is 80.8 Å². The molecule has 7 nitrogen and oxygen atoms in total. The van der Waals surface area contributed by atoms with E-state index in [0.29, 0.717) is 23.1 Å².